The van der Waals surface area contributed by atoms with Gasteiger partial charge < -0.3 is 0 Å². The summed E-state index contributed by atoms with van der Waals surface area (Å²) in [7, 11) is 0. The number of nitrogens with one attached hydrogen (secondary N) is 1. The van der Waals surface area contributed by atoms with Crippen LogP contribution >= 0.6 is 23.2 Å². The number of carbonyl (C=O) groups excluding carboxylic acids is 1. The van der Waals surface area contributed by atoms with Gasteiger partial charge in [0.1, 0.15) is 5.69 Å². The summed E-state index contributed by atoms with van der Waals surface area (Å²) in [5, 5.41) is 5.87. The number of nitrogens with zero attached hydrogens (tertiary/aromatic N) is 1. The summed E-state index contributed by atoms with van der Waals surface area (Å²) < 4.78 is 0. The zero-order valence-electron chi connectivity index (χ0n) is 5.82. The average Bonchev–Trinajstić information content (AvgIpc) is 2.30. The summed E-state index contributed by atoms with van der Waals surface area (Å²) in [5.74, 6) is 0. The highest BCUT2D eigenvalue weighted by atomic mass is 35.5. The molecule has 5 heteroatoms. The number of hydrogen-bond acceptors (Lipinski definition) is 2. The molecule has 0 spiro atoms. The normalized spacial score (nSPS) is 10.1. The Morgan fingerprint density at radius 2 is 2.36 bits per heavy atom. The van der Waals surface area contributed by atoms with Gasteiger partial charge in [0.05, 0.1) is 0 Å². The number of carbonyl (C=O) groups is 1. The van der Waals surface area contributed by atoms with Crippen molar-refractivity contribution in [1.82, 2.24) is 10.2 Å². The van der Waals surface area contributed by atoms with Crippen molar-refractivity contribution < 1.29 is 4.79 Å². The molecule has 0 saturated carbocycles. The third-order valence-electron chi connectivity index (χ3n) is 1.37. The molecule has 0 aromatic carbocycles. The second kappa shape index (κ2) is 3.24. The summed E-state index contributed by atoms with van der Waals surface area (Å²) in [6.45, 7) is 1.88. The van der Waals surface area contributed by atoms with Crippen molar-refractivity contribution in [1.29, 1.82) is 0 Å². The summed E-state index contributed by atoms with van der Waals surface area (Å²) in [6, 6.07) is 0. The number of hydrogen-bond donors (Lipinski definition) is 1. The zero-order valence-corrected chi connectivity index (χ0v) is 7.33. The molecular formula is C6H6Cl2N2O. The Morgan fingerprint density at radius 1 is 1.73 bits per heavy atom. The summed E-state index contributed by atoms with van der Waals surface area (Å²) in [6.07, 6.45) is 0.642. The lowest BCUT2D eigenvalue weighted by atomic mass is 10.2. The molecule has 0 atom stereocenters. The van der Waals surface area contributed by atoms with Gasteiger partial charge in [0.2, 0.25) is 0 Å². The topological polar surface area (TPSA) is 45.8 Å². The van der Waals surface area contributed by atoms with Gasteiger partial charge in [0.25, 0.3) is 5.24 Å². The van der Waals surface area contributed by atoms with E-state index < -0.39 is 5.24 Å². The van der Waals surface area contributed by atoms with Crippen molar-refractivity contribution in [2.45, 2.75) is 13.3 Å². The van der Waals surface area contributed by atoms with Crippen LogP contribution in [0.1, 0.15) is 23.0 Å². The minimum atomic E-state index is -0.554. The highest BCUT2D eigenvalue weighted by Crippen LogP contribution is 2.18. The first-order valence-corrected chi connectivity index (χ1v) is 3.85. The number of halogens is 2. The van der Waals surface area contributed by atoms with Crippen LogP contribution in [-0.4, -0.2) is 15.4 Å². The zero-order chi connectivity index (χ0) is 8.43. The Morgan fingerprint density at radius 3 is 2.73 bits per heavy atom. The first kappa shape index (κ1) is 8.56. The minimum Gasteiger partial charge on any atom is -0.274 e. The van der Waals surface area contributed by atoms with E-state index in [1.807, 2.05) is 6.92 Å². The highest BCUT2D eigenvalue weighted by Gasteiger charge is 2.13. The van der Waals surface area contributed by atoms with Crippen molar-refractivity contribution in [2.24, 2.45) is 0 Å². The van der Waals surface area contributed by atoms with Crippen molar-refractivity contribution >= 4 is 28.4 Å². The molecule has 1 heterocycles. The molecular weight excluding hydrogens is 187 g/mol. The smallest absolute Gasteiger partial charge is 0.270 e. The van der Waals surface area contributed by atoms with Gasteiger partial charge in [-0.1, -0.05) is 18.5 Å². The van der Waals surface area contributed by atoms with Crippen LogP contribution in [-0.2, 0) is 6.42 Å². The SMILES string of the molecule is CCc1c(Cl)n[nH]c1C(=O)Cl. The molecule has 0 amide bonds. The third kappa shape index (κ3) is 1.54. The Kier molecular flexibility index (Phi) is 2.52. The molecule has 0 radical (unpaired) electrons. The predicted molar refractivity (Wildman–Crippen MR) is 43.2 cm³/mol. The van der Waals surface area contributed by atoms with E-state index in [4.69, 9.17) is 23.2 Å². The van der Waals surface area contributed by atoms with E-state index in [-0.39, 0.29) is 0 Å². The van der Waals surface area contributed by atoms with Gasteiger partial charge >= 0.3 is 0 Å². The van der Waals surface area contributed by atoms with Gasteiger partial charge in [0, 0.05) is 5.56 Å². The van der Waals surface area contributed by atoms with E-state index in [9.17, 15) is 4.79 Å². The maximum atomic E-state index is 10.7. The molecule has 0 aliphatic carbocycles. The number of rotatable bonds is 2. The average molecular weight is 193 g/mol. The lowest BCUT2D eigenvalue weighted by molar-refractivity contribution is 0.107. The van der Waals surface area contributed by atoms with E-state index in [0.717, 1.165) is 0 Å². The Labute approximate surface area is 73.7 Å². The fourth-order valence-corrected chi connectivity index (χ4v) is 1.26. The van der Waals surface area contributed by atoms with E-state index in [0.29, 0.717) is 22.8 Å². The second-order valence-electron chi connectivity index (χ2n) is 2.00. The molecule has 0 fully saturated rings. The van der Waals surface area contributed by atoms with E-state index in [1.165, 1.54) is 0 Å². The molecule has 0 bridgehead atoms. The Balaban J connectivity index is 3.15. The lowest BCUT2D eigenvalue weighted by Gasteiger charge is -1.91. The van der Waals surface area contributed by atoms with Gasteiger partial charge in [-0.25, -0.2) is 0 Å². The third-order valence-corrected chi connectivity index (χ3v) is 1.87. The highest BCUT2D eigenvalue weighted by molar-refractivity contribution is 6.67. The van der Waals surface area contributed by atoms with Crippen molar-refractivity contribution in [3.63, 3.8) is 0 Å². The van der Waals surface area contributed by atoms with Crippen LogP contribution in [0.2, 0.25) is 5.15 Å². The number of H-pyrrole nitrogens is 1. The monoisotopic (exact) mass is 192 g/mol. The van der Waals surface area contributed by atoms with Gasteiger partial charge in [0.15, 0.2) is 5.15 Å². The molecule has 0 saturated heterocycles. The summed E-state index contributed by atoms with van der Waals surface area (Å²) in [4.78, 5) is 10.7. The predicted octanol–water partition coefficient (Wildman–Crippen LogP) is 2.00. The van der Waals surface area contributed by atoms with Crippen LogP contribution in [0.4, 0.5) is 0 Å². The van der Waals surface area contributed by atoms with Gasteiger partial charge in [-0.2, -0.15) is 5.10 Å². The maximum Gasteiger partial charge on any atom is 0.270 e. The molecule has 0 aliphatic heterocycles. The fourth-order valence-electron chi connectivity index (χ4n) is 0.828. The van der Waals surface area contributed by atoms with Gasteiger partial charge in [-0.15, -0.1) is 0 Å². The molecule has 60 valence electrons. The molecule has 0 unspecified atom stereocenters. The molecule has 1 aromatic rings. The van der Waals surface area contributed by atoms with Crippen molar-refractivity contribution in [2.75, 3.05) is 0 Å². The molecule has 1 aromatic heterocycles. The molecule has 1 rings (SSSR count). The lowest BCUT2D eigenvalue weighted by Crippen LogP contribution is -1.94. The van der Waals surface area contributed by atoms with Crippen LogP contribution in [0.15, 0.2) is 0 Å². The van der Waals surface area contributed by atoms with Crippen LogP contribution in [0, 0.1) is 0 Å². The van der Waals surface area contributed by atoms with Crippen LogP contribution in [0.5, 0.6) is 0 Å². The van der Waals surface area contributed by atoms with E-state index in [1.54, 1.807) is 0 Å². The van der Waals surface area contributed by atoms with Crippen molar-refractivity contribution in [3.8, 4) is 0 Å². The Bertz CT molecular complexity index is 282. The molecule has 0 aliphatic rings. The molecule has 1 N–H and O–H groups in total. The van der Waals surface area contributed by atoms with Gasteiger partial charge in [-0.3, -0.25) is 9.89 Å². The summed E-state index contributed by atoms with van der Waals surface area (Å²) in [5.41, 5.74) is 0.964. The standard InChI is InChI=1S/C6H6Cl2N2O/c1-2-3-4(6(8)11)9-10-5(3)7/h2H2,1H3,(H,9,10). The molecule has 3 nitrogen and oxygen atoms in total. The van der Waals surface area contributed by atoms with Crippen LogP contribution < -0.4 is 0 Å². The Hall–Kier alpha value is -0.540. The largest absolute Gasteiger partial charge is 0.274 e. The summed E-state index contributed by atoms with van der Waals surface area (Å²) >= 11 is 10.9. The first-order valence-electron chi connectivity index (χ1n) is 3.09. The number of aromatic nitrogens is 2. The quantitative estimate of drug-likeness (QED) is 0.730. The van der Waals surface area contributed by atoms with E-state index >= 15 is 0 Å². The number of aromatic amines is 1. The van der Waals surface area contributed by atoms with Crippen LogP contribution in [0.25, 0.3) is 0 Å². The molecule has 11 heavy (non-hydrogen) atoms. The van der Waals surface area contributed by atoms with Crippen LogP contribution in [0.3, 0.4) is 0 Å². The second-order valence-corrected chi connectivity index (χ2v) is 2.70. The van der Waals surface area contributed by atoms with Crippen molar-refractivity contribution in [3.05, 3.63) is 16.4 Å². The minimum absolute atomic E-state index is 0.291. The maximum absolute atomic E-state index is 10.7. The van der Waals surface area contributed by atoms with E-state index in [2.05, 4.69) is 10.2 Å². The first-order chi connectivity index (χ1) is 5.16. The fraction of sp³-hybridized carbons (Fsp3) is 0.333. The van der Waals surface area contributed by atoms with Gasteiger partial charge in [-0.05, 0) is 18.0 Å².